The van der Waals surface area contributed by atoms with Crippen LogP contribution in [0.4, 0.5) is 10.5 Å². The van der Waals surface area contributed by atoms with Crippen molar-refractivity contribution in [2.75, 3.05) is 14.1 Å². The van der Waals surface area contributed by atoms with E-state index in [0.717, 1.165) is 11.8 Å². The van der Waals surface area contributed by atoms with Crippen LogP contribution in [-0.4, -0.2) is 29.2 Å². The molecule has 0 aromatic heterocycles. The number of non-ortho nitro benzene ring substituents is 1. The highest BCUT2D eigenvalue weighted by atomic mass is 35.5. The van der Waals surface area contributed by atoms with E-state index in [-0.39, 0.29) is 15.9 Å². The molecule has 1 aromatic carbocycles. The Morgan fingerprint density at radius 2 is 2.12 bits per heavy atom. The third-order valence-electron chi connectivity index (χ3n) is 1.69. The van der Waals surface area contributed by atoms with Gasteiger partial charge in [0.1, 0.15) is 0 Å². The predicted molar refractivity (Wildman–Crippen MR) is 63.0 cm³/mol. The summed E-state index contributed by atoms with van der Waals surface area (Å²) in [4.78, 5) is 23.2. The largest absolute Gasteiger partial charge is 0.339 e. The van der Waals surface area contributed by atoms with Gasteiger partial charge in [-0.15, -0.1) is 0 Å². The zero-order valence-electron chi connectivity index (χ0n) is 8.64. The number of nitro benzene ring substituents is 1. The van der Waals surface area contributed by atoms with Crippen LogP contribution >= 0.6 is 23.4 Å². The van der Waals surface area contributed by atoms with Gasteiger partial charge in [0.2, 0.25) is 0 Å². The smallest absolute Gasteiger partial charge is 0.285 e. The first-order valence-electron chi connectivity index (χ1n) is 4.25. The number of rotatable bonds is 2. The Kier molecular flexibility index (Phi) is 4.14. The number of thioether (sulfide) groups is 1. The normalized spacial score (nSPS) is 9.94. The summed E-state index contributed by atoms with van der Waals surface area (Å²) < 4.78 is 0. The van der Waals surface area contributed by atoms with Gasteiger partial charge >= 0.3 is 0 Å². The second-order valence-electron chi connectivity index (χ2n) is 3.13. The Labute approximate surface area is 102 Å². The zero-order valence-corrected chi connectivity index (χ0v) is 10.2. The first-order valence-corrected chi connectivity index (χ1v) is 5.44. The molecule has 0 radical (unpaired) electrons. The van der Waals surface area contributed by atoms with Crippen molar-refractivity contribution < 1.29 is 9.72 Å². The Balaban J connectivity index is 2.91. The van der Waals surface area contributed by atoms with Gasteiger partial charge in [0.25, 0.3) is 10.9 Å². The molecular weight excluding hydrogens is 252 g/mol. The number of amides is 1. The fourth-order valence-corrected chi connectivity index (χ4v) is 1.83. The molecule has 0 fully saturated rings. The molecular formula is C9H9ClN2O3S. The number of carbonyl (C=O) groups excluding carboxylic acids is 1. The molecule has 0 saturated carbocycles. The average molecular weight is 261 g/mol. The van der Waals surface area contributed by atoms with Crippen molar-refractivity contribution in [3.05, 3.63) is 33.3 Å². The molecule has 0 aliphatic carbocycles. The van der Waals surface area contributed by atoms with Crippen LogP contribution in [0, 0.1) is 10.1 Å². The fourth-order valence-electron chi connectivity index (χ4n) is 0.871. The SMILES string of the molecule is CN(C)C(=O)Sc1ccc([N+](=O)[O-])cc1Cl. The van der Waals surface area contributed by atoms with Crippen LogP contribution in [-0.2, 0) is 0 Å². The van der Waals surface area contributed by atoms with Gasteiger partial charge in [-0.25, -0.2) is 0 Å². The van der Waals surface area contributed by atoms with E-state index in [1.165, 1.54) is 23.1 Å². The Hall–Kier alpha value is -1.27. The van der Waals surface area contributed by atoms with E-state index >= 15 is 0 Å². The van der Waals surface area contributed by atoms with Crippen molar-refractivity contribution in [3.8, 4) is 0 Å². The highest BCUT2D eigenvalue weighted by Crippen LogP contribution is 2.31. The van der Waals surface area contributed by atoms with Crippen molar-refractivity contribution >= 4 is 34.3 Å². The van der Waals surface area contributed by atoms with Gasteiger partial charge in [-0.2, -0.15) is 0 Å². The zero-order chi connectivity index (χ0) is 12.3. The summed E-state index contributed by atoms with van der Waals surface area (Å²) in [7, 11) is 3.24. The average Bonchev–Trinajstić information content (AvgIpc) is 2.20. The van der Waals surface area contributed by atoms with Gasteiger partial charge in [-0.05, 0) is 17.8 Å². The third kappa shape index (κ3) is 3.11. The first kappa shape index (κ1) is 12.8. The number of nitrogens with zero attached hydrogens (tertiary/aromatic N) is 2. The van der Waals surface area contributed by atoms with Gasteiger partial charge in [0, 0.05) is 31.1 Å². The van der Waals surface area contributed by atoms with E-state index in [0.29, 0.717) is 4.90 Å². The fraction of sp³-hybridized carbons (Fsp3) is 0.222. The van der Waals surface area contributed by atoms with Crippen LogP contribution in [0.25, 0.3) is 0 Å². The molecule has 0 aliphatic rings. The number of benzene rings is 1. The molecule has 0 N–H and O–H groups in total. The van der Waals surface area contributed by atoms with Crippen LogP contribution in [0.5, 0.6) is 0 Å². The van der Waals surface area contributed by atoms with Gasteiger partial charge in [0.15, 0.2) is 0 Å². The van der Waals surface area contributed by atoms with Crippen LogP contribution in [0.3, 0.4) is 0 Å². The molecule has 16 heavy (non-hydrogen) atoms. The van der Waals surface area contributed by atoms with Crippen LogP contribution < -0.4 is 0 Å². The van der Waals surface area contributed by atoms with Crippen molar-refractivity contribution in [1.29, 1.82) is 0 Å². The van der Waals surface area contributed by atoms with Crippen LogP contribution in [0.2, 0.25) is 5.02 Å². The van der Waals surface area contributed by atoms with E-state index in [4.69, 9.17) is 11.6 Å². The number of hydrogen-bond acceptors (Lipinski definition) is 4. The standard InChI is InChI=1S/C9H9ClN2O3S/c1-11(2)9(13)16-8-4-3-6(12(14)15)5-7(8)10/h3-5H,1-2H3. The monoisotopic (exact) mass is 260 g/mol. The number of carbonyl (C=O) groups is 1. The highest BCUT2D eigenvalue weighted by molar-refractivity contribution is 8.13. The summed E-state index contributed by atoms with van der Waals surface area (Å²) in [6.45, 7) is 0. The van der Waals surface area contributed by atoms with E-state index in [1.54, 1.807) is 14.1 Å². The molecule has 0 bridgehead atoms. The van der Waals surface area contributed by atoms with E-state index < -0.39 is 4.92 Å². The van der Waals surface area contributed by atoms with Crippen LogP contribution in [0.1, 0.15) is 0 Å². The Morgan fingerprint density at radius 3 is 2.56 bits per heavy atom. The number of hydrogen-bond donors (Lipinski definition) is 0. The lowest BCUT2D eigenvalue weighted by molar-refractivity contribution is -0.384. The first-order chi connectivity index (χ1) is 7.41. The quantitative estimate of drug-likeness (QED) is 0.466. The Morgan fingerprint density at radius 1 is 1.50 bits per heavy atom. The maximum Gasteiger partial charge on any atom is 0.285 e. The van der Waals surface area contributed by atoms with Gasteiger partial charge in [0.05, 0.1) is 9.95 Å². The third-order valence-corrected chi connectivity index (χ3v) is 3.23. The summed E-state index contributed by atoms with van der Waals surface area (Å²) >= 11 is 6.76. The molecule has 0 atom stereocenters. The number of nitro groups is 1. The molecule has 5 nitrogen and oxygen atoms in total. The molecule has 0 unspecified atom stereocenters. The van der Waals surface area contributed by atoms with Crippen molar-refractivity contribution in [2.24, 2.45) is 0 Å². The lowest BCUT2D eigenvalue weighted by atomic mass is 10.3. The molecule has 7 heteroatoms. The molecule has 1 amide bonds. The molecule has 1 aromatic rings. The number of halogens is 1. The maximum atomic E-state index is 11.4. The van der Waals surface area contributed by atoms with E-state index in [2.05, 4.69) is 0 Å². The lowest BCUT2D eigenvalue weighted by Crippen LogP contribution is -2.16. The summed E-state index contributed by atoms with van der Waals surface area (Å²) in [6.07, 6.45) is 0. The van der Waals surface area contributed by atoms with Crippen molar-refractivity contribution in [1.82, 2.24) is 4.90 Å². The summed E-state index contributed by atoms with van der Waals surface area (Å²) in [6, 6.07) is 4.01. The van der Waals surface area contributed by atoms with Crippen molar-refractivity contribution in [3.63, 3.8) is 0 Å². The maximum absolute atomic E-state index is 11.4. The lowest BCUT2D eigenvalue weighted by Gasteiger charge is -2.09. The molecule has 86 valence electrons. The van der Waals surface area contributed by atoms with Crippen LogP contribution in [0.15, 0.2) is 23.1 Å². The van der Waals surface area contributed by atoms with E-state index in [1.807, 2.05) is 0 Å². The summed E-state index contributed by atoms with van der Waals surface area (Å²) in [5.74, 6) is 0. The highest BCUT2D eigenvalue weighted by Gasteiger charge is 2.13. The second-order valence-corrected chi connectivity index (χ2v) is 4.53. The molecule has 0 aliphatic heterocycles. The summed E-state index contributed by atoms with van der Waals surface area (Å²) in [5, 5.41) is 10.5. The minimum Gasteiger partial charge on any atom is -0.339 e. The second kappa shape index (κ2) is 5.18. The minimum absolute atomic E-state index is 0.0911. The molecule has 0 saturated heterocycles. The topological polar surface area (TPSA) is 63.5 Å². The minimum atomic E-state index is -0.534. The predicted octanol–water partition coefficient (Wildman–Crippen LogP) is 3.02. The molecule has 0 heterocycles. The molecule has 0 spiro atoms. The summed E-state index contributed by atoms with van der Waals surface area (Å²) in [5.41, 5.74) is -0.0911. The Bertz CT molecular complexity index is 437. The van der Waals surface area contributed by atoms with Gasteiger partial charge < -0.3 is 4.90 Å². The molecule has 1 rings (SSSR count). The van der Waals surface area contributed by atoms with E-state index in [9.17, 15) is 14.9 Å². The van der Waals surface area contributed by atoms with Gasteiger partial charge in [-0.3, -0.25) is 14.9 Å². The van der Waals surface area contributed by atoms with Crippen molar-refractivity contribution in [2.45, 2.75) is 4.90 Å². The van der Waals surface area contributed by atoms with Gasteiger partial charge in [-0.1, -0.05) is 11.6 Å².